The maximum Gasteiger partial charge on any atom is 0.418 e. The summed E-state index contributed by atoms with van der Waals surface area (Å²) in [6.07, 6.45) is -1.37. The Kier molecular flexibility index (Phi) is 7.70. The number of ketones is 1. The summed E-state index contributed by atoms with van der Waals surface area (Å²) in [5.41, 5.74) is 5.56. The third-order valence-electron chi connectivity index (χ3n) is 6.14. The van der Waals surface area contributed by atoms with Crippen LogP contribution in [0.25, 0.3) is 0 Å². The highest BCUT2D eigenvalue weighted by atomic mass is 35.5. The third-order valence-corrected chi connectivity index (χ3v) is 6.37. The van der Waals surface area contributed by atoms with E-state index in [0.717, 1.165) is 11.6 Å². The number of anilines is 3. The summed E-state index contributed by atoms with van der Waals surface area (Å²) in [6.45, 7) is 0.649. The number of ether oxygens (including phenoxy) is 1. The van der Waals surface area contributed by atoms with E-state index in [0.29, 0.717) is 30.0 Å². The summed E-state index contributed by atoms with van der Waals surface area (Å²) in [5, 5.41) is 5.60. The number of rotatable bonds is 8. The minimum absolute atomic E-state index is 0.0133. The maximum absolute atomic E-state index is 13.3. The van der Waals surface area contributed by atoms with Crippen molar-refractivity contribution in [2.45, 2.75) is 25.6 Å². The van der Waals surface area contributed by atoms with Crippen molar-refractivity contribution >= 4 is 40.4 Å². The lowest BCUT2D eigenvalue weighted by Crippen LogP contribution is -2.42. The van der Waals surface area contributed by atoms with E-state index in [1.165, 1.54) is 30.6 Å². The lowest BCUT2D eigenvalue weighted by molar-refractivity contribution is -0.137. The number of Topliss-reactive ketones (excluding diaryl/α,β-unsaturated/α-hetero) is 1. The van der Waals surface area contributed by atoms with Crippen molar-refractivity contribution in [1.29, 1.82) is 0 Å². The normalized spacial score (nSPS) is 17.4. The quantitative estimate of drug-likeness (QED) is 0.337. The van der Waals surface area contributed by atoms with Crippen LogP contribution in [-0.4, -0.2) is 29.9 Å². The number of pyridine rings is 1. The van der Waals surface area contributed by atoms with E-state index in [-0.39, 0.29) is 42.0 Å². The van der Waals surface area contributed by atoms with Crippen LogP contribution in [0.15, 0.2) is 60.9 Å². The molecule has 37 heavy (non-hydrogen) atoms. The Morgan fingerprint density at radius 2 is 1.86 bits per heavy atom. The van der Waals surface area contributed by atoms with Gasteiger partial charge in [-0.15, -0.1) is 0 Å². The van der Waals surface area contributed by atoms with Crippen molar-refractivity contribution in [3.8, 4) is 0 Å². The van der Waals surface area contributed by atoms with Crippen LogP contribution in [0, 0.1) is 5.41 Å². The molecule has 0 aliphatic carbocycles. The van der Waals surface area contributed by atoms with Gasteiger partial charge in [0.05, 0.1) is 29.0 Å². The number of benzene rings is 2. The molecule has 1 atom stereocenters. The number of nitrogens with two attached hydrogens (primary N) is 1. The van der Waals surface area contributed by atoms with E-state index in [2.05, 4.69) is 15.6 Å². The van der Waals surface area contributed by atoms with Gasteiger partial charge in [0, 0.05) is 48.2 Å². The Morgan fingerprint density at radius 1 is 1.11 bits per heavy atom. The number of hydrogen-bond acceptors (Lipinski definition) is 6. The van der Waals surface area contributed by atoms with E-state index < -0.39 is 17.2 Å². The van der Waals surface area contributed by atoms with Crippen molar-refractivity contribution in [2.75, 3.05) is 24.3 Å². The van der Waals surface area contributed by atoms with Gasteiger partial charge in [-0.2, -0.15) is 13.2 Å². The predicted molar refractivity (Wildman–Crippen MR) is 133 cm³/mol. The van der Waals surface area contributed by atoms with Gasteiger partial charge in [-0.1, -0.05) is 23.7 Å². The van der Waals surface area contributed by atoms with Crippen LogP contribution < -0.4 is 16.4 Å². The van der Waals surface area contributed by atoms with Gasteiger partial charge in [-0.05, 0) is 48.4 Å². The zero-order valence-corrected chi connectivity index (χ0v) is 20.3. The lowest BCUT2D eigenvalue weighted by Gasteiger charge is -2.25. The van der Waals surface area contributed by atoms with E-state index >= 15 is 0 Å². The first-order valence-corrected chi connectivity index (χ1v) is 11.8. The fraction of sp³-hybridized carbons (Fsp3) is 0.269. The van der Waals surface area contributed by atoms with Crippen LogP contribution in [0.1, 0.15) is 34.3 Å². The summed E-state index contributed by atoms with van der Waals surface area (Å²) < 4.78 is 45.5. The van der Waals surface area contributed by atoms with Crippen LogP contribution >= 0.6 is 11.6 Å². The second-order valence-corrected chi connectivity index (χ2v) is 9.32. The highest BCUT2D eigenvalue weighted by Gasteiger charge is 2.44. The number of aromatic nitrogens is 1. The molecule has 1 fully saturated rings. The molecule has 4 rings (SSSR count). The van der Waals surface area contributed by atoms with Gasteiger partial charge in [-0.25, -0.2) is 0 Å². The first kappa shape index (κ1) is 26.4. The molecule has 3 aromatic rings. The molecular weight excluding hydrogens is 509 g/mol. The van der Waals surface area contributed by atoms with Crippen LogP contribution in [-0.2, 0) is 22.3 Å². The number of nitrogens with zero attached hydrogens (tertiary/aromatic N) is 1. The van der Waals surface area contributed by atoms with Gasteiger partial charge in [0.1, 0.15) is 0 Å². The second-order valence-electron chi connectivity index (χ2n) is 8.88. The molecule has 7 nitrogen and oxygen atoms in total. The monoisotopic (exact) mass is 532 g/mol. The van der Waals surface area contributed by atoms with Crippen LogP contribution in [0.2, 0.25) is 5.02 Å². The number of halogens is 4. The van der Waals surface area contributed by atoms with Crippen molar-refractivity contribution in [3.05, 3.63) is 82.6 Å². The molecule has 2 aromatic carbocycles. The highest BCUT2D eigenvalue weighted by molar-refractivity contribution is 6.30. The fourth-order valence-corrected chi connectivity index (χ4v) is 4.29. The standard InChI is InChI=1S/C26H24ClF3N4O3/c27-18-3-6-22(21(10-18)26(28,29)30)34-20-4-1-16(2-5-20)12-33-24(36)25(7-8-37-15-25)11-23(35)17-9-19(31)14-32-13-17/h1-6,9-10,13-14,34H,7-8,11-12,15,31H2,(H,33,36)/t25-/m0/s1. The molecular formula is C26H24ClF3N4O3. The van der Waals surface area contributed by atoms with E-state index in [1.54, 1.807) is 24.3 Å². The van der Waals surface area contributed by atoms with Gasteiger partial charge in [0.15, 0.2) is 5.78 Å². The first-order chi connectivity index (χ1) is 17.6. The third kappa shape index (κ3) is 6.39. The molecule has 0 spiro atoms. The summed E-state index contributed by atoms with van der Waals surface area (Å²) in [7, 11) is 0. The Hall–Kier alpha value is -3.63. The minimum Gasteiger partial charge on any atom is -0.397 e. The SMILES string of the molecule is Nc1cncc(C(=O)C[C@@]2(C(=O)NCc3ccc(Nc4ccc(Cl)cc4C(F)(F)F)cc3)CCOC2)c1. The number of carbonyl (C=O) groups excluding carboxylic acids is 2. The summed E-state index contributed by atoms with van der Waals surface area (Å²) in [4.78, 5) is 29.9. The smallest absolute Gasteiger partial charge is 0.397 e. The van der Waals surface area contributed by atoms with Gasteiger partial charge < -0.3 is 21.1 Å². The average molecular weight is 533 g/mol. The molecule has 4 N–H and O–H groups in total. The Morgan fingerprint density at radius 3 is 2.51 bits per heavy atom. The molecule has 1 saturated heterocycles. The molecule has 11 heteroatoms. The Bertz CT molecular complexity index is 1290. The largest absolute Gasteiger partial charge is 0.418 e. The molecule has 1 amide bonds. The number of carbonyl (C=O) groups is 2. The molecule has 0 radical (unpaired) electrons. The van der Waals surface area contributed by atoms with Gasteiger partial charge in [0.25, 0.3) is 0 Å². The van der Waals surface area contributed by atoms with Crippen molar-refractivity contribution < 1.29 is 27.5 Å². The van der Waals surface area contributed by atoms with Crippen LogP contribution in [0.5, 0.6) is 0 Å². The van der Waals surface area contributed by atoms with Gasteiger partial charge >= 0.3 is 6.18 Å². The number of amides is 1. The van der Waals surface area contributed by atoms with E-state index in [9.17, 15) is 22.8 Å². The van der Waals surface area contributed by atoms with Crippen molar-refractivity contribution in [1.82, 2.24) is 10.3 Å². The summed E-state index contributed by atoms with van der Waals surface area (Å²) in [6, 6.07) is 11.6. The molecule has 2 heterocycles. The first-order valence-electron chi connectivity index (χ1n) is 11.4. The number of nitrogens with one attached hydrogen (secondary N) is 2. The van der Waals surface area contributed by atoms with Crippen LogP contribution in [0.4, 0.5) is 30.2 Å². The topological polar surface area (TPSA) is 106 Å². The zero-order chi connectivity index (χ0) is 26.6. The molecule has 194 valence electrons. The number of alkyl halides is 3. The Labute approximate surface area is 216 Å². The van der Waals surface area contributed by atoms with E-state index in [4.69, 9.17) is 22.1 Å². The fourth-order valence-electron chi connectivity index (χ4n) is 4.12. The van der Waals surface area contributed by atoms with Crippen LogP contribution in [0.3, 0.4) is 0 Å². The number of nitrogen functional groups attached to an aromatic ring is 1. The van der Waals surface area contributed by atoms with Gasteiger partial charge in [0.2, 0.25) is 5.91 Å². The summed E-state index contributed by atoms with van der Waals surface area (Å²) in [5.74, 6) is -0.565. The molecule has 1 aromatic heterocycles. The van der Waals surface area contributed by atoms with Crippen molar-refractivity contribution in [3.63, 3.8) is 0 Å². The van der Waals surface area contributed by atoms with Crippen molar-refractivity contribution in [2.24, 2.45) is 5.41 Å². The zero-order valence-electron chi connectivity index (χ0n) is 19.6. The van der Waals surface area contributed by atoms with Gasteiger partial charge in [-0.3, -0.25) is 14.6 Å². The second kappa shape index (κ2) is 10.8. The van der Waals surface area contributed by atoms with E-state index in [1.807, 2.05) is 0 Å². The maximum atomic E-state index is 13.3. The lowest BCUT2D eigenvalue weighted by atomic mass is 9.80. The summed E-state index contributed by atoms with van der Waals surface area (Å²) >= 11 is 5.73. The molecule has 1 aliphatic heterocycles. The highest BCUT2D eigenvalue weighted by Crippen LogP contribution is 2.38. The molecule has 0 saturated carbocycles. The predicted octanol–water partition coefficient (Wildman–Crippen LogP) is 5.38. The molecule has 0 unspecified atom stereocenters. The number of hydrogen-bond donors (Lipinski definition) is 3. The minimum atomic E-state index is -4.57. The Balaban J connectivity index is 1.40. The average Bonchev–Trinajstić information content (AvgIpc) is 3.33. The molecule has 0 bridgehead atoms. The molecule has 1 aliphatic rings.